The van der Waals surface area contributed by atoms with Gasteiger partial charge in [0.2, 0.25) is 5.91 Å². The van der Waals surface area contributed by atoms with Gasteiger partial charge in [0.1, 0.15) is 17.9 Å². The zero-order valence-electron chi connectivity index (χ0n) is 18.8. The Labute approximate surface area is 198 Å². The Morgan fingerprint density at radius 3 is 2.79 bits per heavy atom. The molecule has 0 spiro atoms. The number of carbonyl (C=O) groups excluding carboxylic acids is 2. The molecule has 0 radical (unpaired) electrons. The summed E-state index contributed by atoms with van der Waals surface area (Å²) in [4.78, 5) is 24.4. The number of halogens is 1. The van der Waals surface area contributed by atoms with Crippen LogP contribution in [0.2, 0.25) is 5.02 Å². The number of benzene rings is 1. The van der Waals surface area contributed by atoms with Gasteiger partial charge in [-0.3, -0.25) is 10.1 Å². The number of nitrogens with one attached hydrogen (secondary N) is 1. The molecule has 4 rings (SSSR count). The van der Waals surface area contributed by atoms with Gasteiger partial charge in [-0.1, -0.05) is 23.7 Å². The van der Waals surface area contributed by atoms with E-state index in [-0.39, 0.29) is 25.0 Å². The van der Waals surface area contributed by atoms with Gasteiger partial charge in [-0.25, -0.2) is 9.48 Å². The summed E-state index contributed by atoms with van der Waals surface area (Å²) in [5.41, 5.74) is 0.407. The SMILES string of the molecule is CC[C@@](O)(Cn1nncc1CCCCN1CC(=O)NC1=O)c1cc(Cl)cc(OCC2CC2)c1. The van der Waals surface area contributed by atoms with E-state index in [4.69, 9.17) is 16.3 Å². The van der Waals surface area contributed by atoms with Gasteiger partial charge >= 0.3 is 6.03 Å². The summed E-state index contributed by atoms with van der Waals surface area (Å²) in [5.74, 6) is 1.03. The second-order valence-corrected chi connectivity index (χ2v) is 9.37. The van der Waals surface area contributed by atoms with Crippen LogP contribution in [-0.2, 0) is 23.4 Å². The van der Waals surface area contributed by atoms with E-state index in [1.54, 1.807) is 23.0 Å². The highest BCUT2D eigenvalue weighted by Crippen LogP contribution is 2.34. The molecule has 2 aromatic rings. The molecule has 178 valence electrons. The second kappa shape index (κ2) is 10.1. The van der Waals surface area contributed by atoms with E-state index in [9.17, 15) is 14.7 Å². The molecule has 1 aromatic heterocycles. The molecule has 2 fully saturated rings. The van der Waals surface area contributed by atoms with E-state index in [1.165, 1.54) is 17.7 Å². The highest BCUT2D eigenvalue weighted by Gasteiger charge is 2.31. The summed E-state index contributed by atoms with van der Waals surface area (Å²) in [6, 6.07) is 5.07. The van der Waals surface area contributed by atoms with E-state index in [0.717, 1.165) is 18.5 Å². The fraction of sp³-hybridized carbons (Fsp3) is 0.565. The Kier molecular flexibility index (Phi) is 7.19. The summed E-state index contributed by atoms with van der Waals surface area (Å²) in [6.45, 7) is 3.47. The molecular formula is C23H30ClN5O4. The van der Waals surface area contributed by atoms with Crippen molar-refractivity contribution >= 4 is 23.5 Å². The lowest BCUT2D eigenvalue weighted by Gasteiger charge is -2.28. The zero-order chi connectivity index (χ0) is 23.4. The van der Waals surface area contributed by atoms with Crippen LogP contribution in [0.25, 0.3) is 0 Å². The standard InChI is InChI=1S/C23H30ClN5O4/c1-2-23(32,17-9-18(24)11-20(10-17)33-14-16-6-7-16)15-29-19(12-25-27-29)5-3-4-8-28-13-21(30)26-22(28)31/h9-12,16,32H,2-8,13-15H2,1H3,(H,26,30,31)/t23-/m1/s1. The van der Waals surface area contributed by atoms with Gasteiger partial charge < -0.3 is 14.7 Å². The van der Waals surface area contributed by atoms with Crippen LogP contribution in [-0.4, -0.2) is 56.6 Å². The molecule has 2 N–H and O–H groups in total. The lowest BCUT2D eigenvalue weighted by atomic mass is 9.90. The predicted molar refractivity (Wildman–Crippen MR) is 122 cm³/mol. The first-order chi connectivity index (χ1) is 15.9. The van der Waals surface area contributed by atoms with Gasteiger partial charge in [0, 0.05) is 11.6 Å². The Morgan fingerprint density at radius 1 is 1.27 bits per heavy atom. The summed E-state index contributed by atoms with van der Waals surface area (Å²) >= 11 is 6.34. The molecule has 1 saturated heterocycles. The number of rotatable bonds is 12. The van der Waals surface area contributed by atoms with E-state index < -0.39 is 5.60 Å². The smallest absolute Gasteiger partial charge is 0.324 e. The van der Waals surface area contributed by atoms with Crippen LogP contribution in [0.5, 0.6) is 5.75 Å². The van der Waals surface area contributed by atoms with Crippen LogP contribution in [0, 0.1) is 5.92 Å². The normalized spacial score (nSPS) is 17.8. The van der Waals surface area contributed by atoms with E-state index in [1.807, 2.05) is 13.0 Å². The van der Waals surface area contributed by atoms with Gasteiger partial charge in [-0.15, -0.1) is 5.10 Å². The third kappa shape index (κ3) is 6.03. The molecule has 2 heterocycles. The fourth-order valence-electron chi connectivity index (χ4n) is 3.95. The number of amides is 3. The van der Waals surface area contributed by atoms with Crippen molar-refractivity contribution in [3.63, 3.8) is 0 Å². The van der Waals surface area contributed by atoms with Crippen molar-refractivity contribution in [1.29, 1.82) is 0 Å². The minimum atomic E-state index is -1.18. The fourth-order valence-corrected chi connectivity index (χ4v) is 4.17. The van der Waals surface area contributed by atoms with Crippen molar-refractivity contribution < 1.29 is 19.4 Å². The maximum Gasteiger partial charge on any atom is 0.324 e. The van der Waals surface area contributed by atoms with Gasteiger partial charge in [-0.2, -0.15) is 0 Å². The lowest BCUT2D eigenvalue weighted by Crippen LogP contribution is -2.32. The first-order valence-electron chi connectivity index (χ1n) is 11.5. The van der Waals surface area contributed by atoms with Crippen molar-refractivity contribution in [2.75, 3.05) is 19.7 Å². The van der Waals surface area contributed by atoms with Crippen molar-refractivity contribution in [1.82, 2.24) is 25.2 Å². The van der Waals surface area contributed by atoms with Crippen molar-refractivity contribution in [2.24, 2.45) is 5.92 Å². The number of carbonyl (C=O) groups is 2. The van der Waals surface area contributed by atoms with Crippen LogP contribution in [0.4, 0.5) is 4.79 Å². The van der Waals surface area contributed by atoms with Crippen molar-refractivity contribution in [3.8, 4) is 5.75 Å². The van der Waals surface area contributed by atoms with Crippen molar-refractivity contribution in [2.45, 2.75) is 57.6 Å². The molecule has 9 nitrogen and oxygen atoms in total. The minimum Gasteiger partial charge on any atom is -0.493 e. The topological polar surface area (TPSA) is 110 Å². The largest absolute Gasteiger partial charge is 0.493 e. The average Bonchev–Trinajstić information content (AvgIpc) is 3.43. The number of hydrogen-bond acceptors (Lipinski definition) is 6. The first kappa shape index (κ1) is 23.5. The van der Waals surface area contributed by atoms with Crippen LogP contribution >= 0.6 is 11.6 Å². The van der Waals surface area contributed by atoms with Crippen LogP contribution in [0.3, 0.4) is 0 Å². The number of aliphatic hydroxyl groups is 1. The van der Waals surface area contributed by atoms with Gasteiger partial charge in [-0.05, 0) is 68.2 Å². The summed E-state index contributed by atoms with van der Waals surface area (Å²) in [7, 11) is 0. The number of imide groups is 1. The molecule has 10 heteroatoms. The molecule has 3 amide bonds. The quantitative estimate of drug-likeness (QED) is 0.361. The molecule has 33 heavy (non-hydrogen) atoms. The molecule has 1 saturated carbocycles. The molecular weight excluding hydrogens is 446 g/mol. The molecule has 0 bridgehead atoms. The van der Waals surface area contributed by atoms with E-state index in [0.29, 0.717) is 48.2 Å². The molecule has 0 unspecified atom stereocenters. The molecule has 2 aliphatic rings. The average molecular weight is 476 g/mol. The second-order valence-electron chi connectivity index (χ2n) is 8.93. The number of ether oxygens (including phenoxy) is 1. The lowest BCUT2D eigenvalue weighted by molar-refractivity contribution is -0.118. The molecule has 1 atom stereocenters. The predicted octanol–water partition coefficient (Wildman–Crippen LogP) is 2.89. The minimum absolute atomic E-state index is 0.119. The maximum atomic E-state index is 11.6. The van der Waals surface area contributed by atoms with E-state index >= 15 is 0 Å². The molecule has 1 aromatic carbocycles. The first-order valence-corrected chi connectivity index (χ1v) is 11.9. The summed E-state index contributed by atoms with van der Waals surface area (Å²) < 4.78 is 7.61. The Bertz CT molecular complexity index is 1010. The number of urea groups is 1. The van der Waals surface area contributed by atoms with Crippen LogP contribution in [0.15, 0.2) is 24.4 Å². The van der Waals surface area contributed by atoms with Gasteiger partial charge in [0.25, 0.3) is 0 Å². The summed E-state index contributed by atoms with van der Waals surface area (Å²) in [5, 5.41) is 22.5. The third-order valence-electron chi connectivity index (χ3n) is 6.26. The Balaban J connectivity index is 1.37. The number of aromatic nitrogens is 3. The highest BCUT2D eigenvalue weighted by molar-refractivity contribution is 6.30. The number of unbranched alkanes of at least 4 members (excludes halogenated alkanes) is 1. The van der Waals surface area contributed by atoms with E-state index in [2.05, 4.69) is 15.6 Å². The van der Waals surface area contributed by atoms with Gasteiger partial charge in [0.05, 0.1) is 25.0 Å². The van der Waals surface area contributed by atoms with Crippen LogP contribution < -0.4 is 10.1 Å². The number of hydrogen-bond donors (Lipinski definition) is 2. The van der Waals surface area contributed by atoms with Crippen molar-refractivity contribution in [3.05, 3.63) is 40.7 Å². The summed E-state index contributed by atoms with van der Waals surface area (Å²) in [6.07, 6.45) is 6.81. The number of nitrogens with zero attached hydrogens (tertiary/aromatic N) is 4. The molecule has 1 aliphatic heterocycles. The zero-order valence-corrected chi connectivity index (χ0v) is 19.6. The molecule has 1 aliphatic carbocycles. The van der Waals surface area contributed by atoms with Crippen LogP contribution in [0.1, 0.15) is 50.3 Å². The third-order valence-corrected chi connectivity index (χ3v) is 6.48. The Hall–Kier alpha value is -2.65. The number of aryl methyl sites for hydroxylation is 1. The Morgan fingerprint density at radius 2 is 2.09 bits per heavy atom. The monoisotopic (exact) mass is 475 g/mol. The maximum absolute atomic E-state index is 11.6. The van der Waals surface area contributed by atoms with Gasteiger partial charge in [0.15, 0.2) is 0 Å². The highest BCUT2D eigenvalue weighted by atomic mass is 35.5.